The molecule has 0 saturated carbocycles. The fourth-order valence-corrected chi connectivity index (χ4v) is 3.27. The molecule has 0 atom stereocenters. The van der Waals surface area contributed by atoms with E-state index in [1.54, 1.807) is 24.5 Å². The second-order valence-corrected chi connectivity index (χ2v) is 5.94. The highest BCUT2D eigenvalue weighted by Gasteiger charge is 2.08. The molecule has 0 radical (unpaired) electrons. The molecule has 15 heavy (non-hydrogen) atoms. The molecular formula is C10H8ClNOS2. The van der Waals surface area contributed by atoms with Crippen LogP contribution in [0, 0.1) is 0 Å². The summed E-state index contributed by atoms with van der Waals surface area (Å²) in [6, 6.07) is 3.80. The second kappa shape index (κ2) is 4.43. The summed E-state index contributed by atoms with van der Waals surface area (Å²) in [5.74, 6) is 0.161. The third-order valence-electron chi connectivity index (χ3n) is 1.76. The van der Waals surface area contributed by atoms with Crippen LogP contribution in [0.4, 0.5) is 0 Å². The van der Waals surface area contributed by atoms with Crippen molar-refractivity contribution in [2.75, 3.05) is 0 Å². The number of aromatic nitrogens is 1. The molecule has 5 heteroatoms. The summed E-state index contributed by atoms with van der Waals surface area (Å²) >= 11 is 8.89. The van der Waals surface area contributed by atoms with Crippen molar-refractivity contribution < 1.29 is 4.79 Å². The molecule has 0 fully saturated rings. The van der Waals surface area contributed by atoms with Crippen molar-refractivity contribution in [1.82, 2.24) is 4.98 Å². The van der Waals surface area contributed by atoms with Gasteiger partial charge in [0.25, 0.3) is 0 Å². The molecule has 0 aliphatic rings. The Morgan fingerprint density at radius 1 is 1.47 bits per heavy atom. The van der Waals surface area contributed by atoms with Gasteiger partial charge in [-0.15, -0.1) is 22.7 Å². The predicted molar refractivity (Wildman–Crippen MR) is 64.8 cm³/mol. The molecule has 0 amide bonds. The van der Waals surface area contributed by atoms with E-state index in [4.69, 9.17) is 11.6 Å². The summed E-state index contributed by atoms with van der Waals surface area (Å²) in [5, 5.41) is 0.933. The van der Waals surface area contributed by atoms with Gasteiger partial charge in [0.2, 0.25) is 0 Å². The van der Waals surface area contributed by atoms with Crippen LogP contribution in [-0.2, 0) is 11.2 Å². The van der Waals surface area contributed by atoms with Gasteiger partial charge in [-0.1, -0.05) is 11.6 Å². The van der Waals surface area contributed by atoms with Crippen molar-refractivity contribution in [3.63, 3.8) is 0 Å². The lowest BCUT2D eigenvalue weighted by Gasteiger charge is -1.88. The number of carbonyl (C=O) groups excluding carboxylic acids is 1. The van der Waals surface area contributed by atoms with Crippen LogP contribution < -0.4 is 0 Å². The van der Waals surface area contributed by atoms with E-state index in [2.05, 4.69) is 4.98 Å². The Bertz CT molecular complexity index is 489. The SMILES string of the molecule is CC(=O)Cc1cnc(-c2ccc(Cl)s2)s1. The number of Topliss-reactive ketones (excluding diaryl/α,β-unsaturated/α-hetero) is 1. The van der Waals surface area contributed by atoms with Gasteiger partial charge >= 0.3 is 0 Å². The highest BCUT2D eigenvalue weighted by atomic mass is 35.5. The summed E-state index contributed by atoms with van der Waals surface area (Å²) in [4.78, 5) is 17.3. The fraction of sp³-hybridized carbons (Fsp3) is 0.200. The van der Waals surface area contributed by atoms with Crippen LogP contribution in [0.3, 0.4) is 0 Å². The highest BCUT2D eigenvalue weighted by Crippen LogP contribution is 2.33. The standard InChI is InChI=1S/C10H8ClNOS2/c1-6(13)4-7-5-12-10(14-7)8-2-3-9(11)15-8/h2-3,5H,4H2,1H3. The lowest BCUT2D eigenvalue weighted by molar-refractivity contribution is -0.116. The summed E-state index contributed by atoms with van der Waals surface area (Å²) in [6.45, 7) is 1.58. The van der Waals surface area contributed by atoms with Crippen molar-refractivity contribution in [3.05, 3.63) is 27.5 Å². The first-order valence-corrected chi connectivity index (χ1v) is 6.36. The smallest absolute Gasteiger partial charge is 0.135 e. The molecule has 0 aliphatic carbocycles. The molecule has 78 valence electrons. The second-order valence-electron chi connectivity index (χ2n) is 3.11. The van der Waals surface area contributed by atoms with Crippen LogP contribution in [0.2, 0.25) is 4.34 Å². The summed E-state index contributed by atoms with van der Waals surface area (Å²) in [5.41, 5.74) is 0. The normalized spacial score (nSPS) is 10.5. The number of hydrogen-bond donors (Lipinski definition) is 0. The first-order chi connectivity index (χ1) is 7.15. The summed E-state index contributed by atoms with van der Waals surface area (Å²) in [7, 11) is 0. The molecule has 0 bridgehead atoms. The first-order valence-electron chi connectivity index (χ1n) is 4.35. The molecule has 0 aliphatic heterocycles. The van der Waals surface area contributed by atoms with Gasteiger partial charge in [0.05, 0.1) is 9.21 Å². The van der Waals surface area contributed by atoms with Crippen LogP contribution in [0.15, 0.2) is 18.3 Å². The van der Waals surface area contributed by atoms with Crippen molar-refractivity contribution in [2.24, 2.45) is 0 Å². The summed E-state index contributed by atoms with van der Waals surface area (Å²) < 4.78 is 0.758. The molecule has 2 aromatic heterocycles. The first kappa shape index (κ1) is 10.8. The molecule has 0 unspecified atom stereocenters. The van der Waals surface area contributed by atoms with Gasteiger partial charge < -0.3 is 0 Å². The number of thiophene rings is 1. The molecular weight excluding hydrogens is 250 g/mol. The van der Waals surface area contributed by atoms with E-state index in [9.17, 15) is 4.79 Å². The monoisotopic (exact) mass is 257 g/mol. The van der Waals surface area contributed by atoms with E-state index < -0.39 is 0 Å². The number of ketones is 1. The topological polar surface area (TPSA) is 30.0 Å². The molecule has 2 heterocycles. The third-order valence-corrected chi connectivity index (χ3v) is 4.16. The Morgan fingerprint density at radius 3 is 2.87 bits per heavy atom. The van der Waals surface area contributed by atoms with Gasteiger partial charge in [0, 0.05) is 17.5 Å². The predicted octanol–water partition coefficient (Wildman–Crippen LogP) is 3.66. The Hall–Kier alpha value is -0.710. The zero-order valence-corrected chi connectivity index (χ0v) is 10.4. The van der Waals surface area contributed by atoms with E-state index in [1.165, 1.54) is 11.3 Å². The van der Waals surface area contributed by atoms with E-state index in [-0.39, 0.29) is 5.78 Å². The number of carbonyl (C=O) groups is 1. The van der Waals surface area contributed by atoms with Crippen LogP contribution >= 0.6 is 34.3 Å². The average molecular weight is 258 g/mol. The molecule has 0 saturated heterocycles. The molecule has 2 rings (SSSR count). The van der Waals surface area contributed by atoms with Gasteiger partial charge in [0.15, 0.2) is 0 Å². The number of rotatable bonds is 3. The number of halogens is 1. The van der Waals surface area contributed by atoms with Crippen molar-refractivity contribution in [3.8, 4) is 9.88 Å². The van der Waals surface area contributed by atoms with E-state index >= 15 is 0 Å². The van der Waals surface area contributed by atoms with Gasteiger partial charge in [0.1, 0.15) is 10.8 Å². The van der Waals surface area contributed by atoms with Crippen LogP contribution in [-0.4, -0.2) is 10.8 Å². The average Bonchev–Trinajstić information content (AvgIpc) is 2.72. The number of thiazole rings is 1. The highest BCUT2D eigenvalue weighted by molar-refractivity contribution is 7.23. The number of nitrogens with zero attached hydrogens (tertiary/aromatic N) is 1. The van der Waals surface area contributed by atoms with Gasteiger partial charge in [-0.2, -0.15) is 0 Å². The Kier molecular flexibility index (Phi) is 3.19. The van der Waals surface area contributed by atoms with Gasteiger partial charge in [-0.05, 0) is 19.1 Å². The largest absolute Gasteiger partial charge is 0.300 e. The van der Waals surface area contributed by atoms with Gasteiger partial charge in [-0.3, -0.25) is 4.79 Å². The minimum atomic E-state index is 0.161. The van der Waals surface area contributed by atoms with E-state index in [0.29, 0.717) is 6.42 Å². The fourth-order valence-electron chi connectivity index (χ4n) is 1.18. The molecule has 2 nitrogen and oxygen atoms in total. The van der Waals surface area contributed by atoms with E-state index in [1.807, 2.05) is 12.1 Å². The maximum Gasteiger partial charge on any atom is 0.135 e. The Balaban J connectivity index is 2.23. The van der Waals surface area contributed by atoms with Gasteiger partial charge in [-0.25, -0.2) is 4.98 Å². The quantitative estimate of drug-likeness (QED) is 0.840. The Labute approximate surface area is 101 Å². The molecule has 0 aromatic carbocycles. The maximum absolute atomic E-state index is 10.9. The molecule has 0 spiro atoms. The van der Waals surface area contributed by atoms with E-state index in [0.717, 1.165) is 19.1 Å². The molecule has 0 N–H and O–H groups in total. The van der Waals surface area contributed by atoms with Crippen molar-refractivity contribution >= 4 is 40.1 Å². The minimum absolute atomic E-state index is 0.161. The Morgan fingerprint density at radius 2 is 2.27 bits per heavy atom. The zero-order chi connectivity index (χ0) is 10.8. The van der Waals surface area contributed by atoms with Crippen LogP contribution in [0.5, 0.6) is 0 Å². The van der Waals surface area contributed by atoms with Crippen molar-refractivity contribution in [1.29, 1.82) is 0 Å². The van der Waals surface area contributed by atoms with Crippen LogP contribution in [0.1, 0.15) is 11.8 Å². The number of hydrogen-bond acceptors (Lipinski definition) is 4. The minimum Gasteiger partial charge on any atom is -0.300 e. The van der Waals surface area contributed by atoms with Crippen LogP contribution in [0.25, 0.3) is 9.88 Å². The lowest BCUT2D eigenvalue weighted by atomic mass is 10.3. The maximum atomic E-state index is 10.9. The lowest BCUT2D eigenvalue weighted by Crippen LogP contribution is -1.92. The summed E-state index contributed by atoms with van der Waals surface area (Å²) in [6.07, 6.45) is 2.23. The van der Waals surface area contributed by atoms with Crippen molar-refractivity contribution in [2.45, 2.75) is 13.3 Å². The third kappa shape index (κ3) is 2.65. The zero-order valence-electron chi connectivity index (χ0n) is 7.99. The molecule has 2 aromatic rings.